The summed E-state index contributed by atoms with van der Waals surface area (Å²) in [5.41, 5.74) is 3.63. The zero-order valence-electron chi connectivity index (χ0n) is 14.1. The molecule has 2 atom stereocenters. The first-order valence-electron chi connectivity index (χ1n) is 9.02. The molecule has 4 heteroatoms. The third kappa shape index (κ3) is 3.24. The molecular formula is C19H27N3S. The van der Waals surface area contributed by atoms with Crippen molar-refractivity contribution in [3.8, 4) is 0 Å². The number of rotatable bonds is 3. The van der Waals surface area contributed by atoms with Crippen molar-refractivity contribution in [3.63, 3.8) is 0 Å². The van der Waals surface area contributed by atoms with Crippen LogP contribution in [0.3, 0.4) is 0 Å². The lowest BCUT2D eigenvalue weighted by Gasteiger charge is -2.39. The van der Waals surface area contributed by atoms with Gasteiger partial charge in [0.2, 0.25) is 0 Å². The lowest BCUT2D eigenvalue weighted by molar-refractivity contribution is 0.114. The molecule has 1 aliphatic carbocycles. The average molecular weight is 330 g/mol. The second-order valence-corrected chi connectivity index (χ2v) is 8.06. The van der Waals surface area contributed by atoms with E-state index in [1.165, 1.54) is 49.7 Å². The summed E-state index contributed by atoms with van der Waals surface area (Å²) in [6.07, 6.45) is 8.13. The largest absolute Gasteiger partial charge is 0.360 e. The van der Waals surface area contributed by atoms with Crippen molar-refractivity contribution >= 4 is 23.0 Å². The zero-order valence-corrected chi connectivity index (χ0v) is 15.0. The Kier molecular flexibility index (Phi) is 4.06. The molecule has 0 unspecified atom stereocenters. The van der Waals surface area contributed by atoms with Crippen LogP contribution in [0.15, 0.2) is 18.2 Å². The van der Waals surface area contributed by atoms with Crippen LogP contribution >= 0.6 is 12.2 Å². The number of hydrogen-bond donors (Lipinski definition) is 2. The summed E-state index contributed by atoms with van der Waals surface area (Å²) in [5.74, 6) is 0. The van der Waals surface area contributed by atoms with Crippen LogP contribution in [-0.2, 0) is 0 Å². The van der Waals surface area contributed by atoms with Gasteiger partial charge in [-0.25, -0.2) is 0 Å². The van der Waals surface area contributed by atoms with Crippen LogP contribution in [0, 0.1) is 13.8 Å². The first kappa shape index (κ1) is 15.4. The summed E-state index contributed by atoms with van der Waals surface area (Å²) in [6.45, 7) is 4.24. The fraction of sp³-hybridized carbons (Fsp3) is 0.632. The standard InChI is InChI=1S/C19H27N3S/c1-12-3-4-13(2)18(9-12)21-19(23)20-14-10-16-7-8-17(11-14)22(16)15-5-6-15/h3-4,9,14-17H,5-8,10-11H2,1-2H3,(H2,20,21,23)/t16-,17-/m1/s1. The number of aryl methyl sites for hydroxylation is 2. The number of anilines is 1. The van der Waals surface area contributed by atoms with E-state index < -0.39 is 0 Å². The number of piperidine rings is 1. The van der Waals surface area contributed by atoms with Crippen molar-refractivity contribution in [2.75, 3.05) is 5.32 Å². The van der Waals surface area contributed by atoms with Gasteiger partial charge in [-0.15, -0.1) is 0 Å². The molecule has 4 rings (SSSR count). The highest BCUT2D eigenvalue weighted by Gasteiger charge is 2.46. The zero-order chi connectivity index (χ0) is 16.0. The van der Waals surface area contributed by atoms with E-state index in [9.17, 15) is 0 Å². The topological polar surface area (TPSA) is 27.3 Å². The predicted octanol–water partition coefficient (Wildman–Crippen LogP) is 3.75. The normalized spacial score (nSPS) is 30.3. The molecule has 0 aromatic heterocycles. The fourth-order valence-electron chi connectivity index (χ4n) is 4.51. The van der Waals surface area contributed by atoms with Gasteiger partial charge in [-0.3, -0.25) is 4.90 Å². The fourth-order valence-corrected chi connectivity index (χ4v) is 4.79. The van der Waals surface area contributed by atoms with E-state index in [0.717, 1.165) is 28.9 Å². The van der Waals surface area contributed by atoms with Gasteiger partial charge in [-0.2, -0.15) is 0 Å². The van der Waals surface area contributed by atoms with Gasteiger partial charge in [0.1, 0.15) is 0 Å². The lowest BCUT2D eigenvalue weighted by atomic mass is 9.97. The predicted molar refractivity (Wildman–Crippen MR) is 100.0 cm³/mol. The van der Waals surface area contributed by atoms with Crippen LogP contribution in [0.5, 0.6) is 0 Å². The number of fused-ring (bicyclic) bond motifs is 2. The van der Waals surface area contributed by atoms with Crippen LogP contribution < -0.4 is 10.6 Å². The molecule has 23 heavy (non-hydrogen) atoms. The van der Waals surface area contributed by atoms with Crippen molar-refractivity contribution < 1.29 is 0 Å². The minimum Gasteiger partial charge on any atom is -0.360 e. The maximum absolute atomic E-state index is 5.57. The van der Waals surface area contributed by atoms with Crippen molar-refractivity contribution in [3.05, 3.63) is 29.3 Å². The van der Waals surface area contributed by atoms with Gasteiger partial charge in [0.25, 0.3) is 0 Å². The van der Waals surface area contributed by atoms with Gasteiger partial charge in [0.15, 0.2) is 5.11 Å². The Morgan fingerprint density at radius 1 is 1.04 bits per heavy atom. The molecule has 1 saturated carbocycles. The second kappa shape index (κ2) is 6.06. The Balaban J connectivity index is 1.35. The third-order valence-corrected chi connectivity index (χ3v) is 5.95. The highest BCUT2D eigenvalue weighted by atomic mass is 32.1. The minimum absolute atomic E-state index is 0.535. The van der Waals surface area contributed by atoms with Crippen molar-refractivity contribution in [1.29, 1.82) is 0 Å². The van der Waals surface area contributed by atoms with Crippen molar-refractivity contribution in [1.82, 2.24) is 10.2 Å². The number of hydrogen-bond acceptors (Lipinski definition) is 2. The maximum atomic E-state index is 5.57. The van der Waals surface area contributed by atoms with Gasteiger partial charge in [0, 0.05) is 29.9 Å². The highest BCUT2D eigenvalue weighted by Crippen LogP contribution is 2.43. The molecule has 2 N–H and O–H groups in total. The molecular weight excluding hydrogens is 302 g/mol. The number of benzene rings is 1. The summed E-state index contributed by atoms with van der Waals surface area (Å²) in [4.78, 5) is 2.83. The van der Waals surface area contributed by atoms with Crippen LogP contribution in [-0.4, -0.2) is 34.2 Å². The van der Waals surface area contributed by atoms with E-state index >= 15 is 0 Å². The molecule has 0 amide bonds. The first-order chi connectivity index (χ1) is 11.1. The third-order valence-electron chi connectivity index (χ3n) is 5.73. The maximum Gasteiger partial charge on any atom is 0.171 e. The van der Waals surface area contributed by atoms with Crippen molar-refractivity contribution in [2.45, 2.75) is 76.5 Å². The van der Waals surface area contributed by atoms with E-state index in [2.05, 4.69) is 47.6 Å². The van der Waals surface area contributed by atoms with Crippen LogP contribution in [0.4, 0.5) is 5.69 Å². The molecule has 2 heterocycles. The summed E-state index contributed by atoms with van der Waals surface area (Å²) >= 11 is 5.57. The van der Waals surface area contributed by atoms with Gasteiger partial charge < -0.3 is 10.6 Å². The Labute approximate surface area is 144 Å². The first-order valence-corrected chi connectivity index (χ1v) is 9.43. The van der Waals surface area contributed by atoms with Gasteiger partial charge >= 0.3 is 0 Å². The van der Waals surface area contributed by atoms with E-state index in [0.29, 0.717) is 6.04 Å². The van der Waals surface area contributed by atoms with Crippen LogP contribution in [0.2, 0.25) is 0 Å². The smallest absolute Gasteiger partial charge is 0.171 e. The Bertz CT molecular complexity index is 597. The molecule has 0 spiro atoms. The average Bonchev–Trinajstić information content (AvgIpc) is 3.30. The SMILES string of the molecule is Cc1ccc(C)c(NC(=S)NC2C[C@H]3CC[C@H](C2)N3C2CC2)c1. The second-order valence-electron chi connectivity index (χ2n) is 7.65. The van der Waals surface area contributed by atoms with Crippen LogP contribution in [0.1, 0.15) is 49.7 Å². The molecule has 2 bridgehead atoms. The molecule has 0 radical (unpaired) electrons. The number of nitrogens with one attached hydrogen (secondary N) is 2. The Morgan fingerprint density at radius 2 is 1.70 bits per heavy atom. The molecule has 3 aliphatic rings. The van der Waals surface area contributed by atoms with Crippen molar-refractivity contribution in [2.24, 2.45) is 0 Å². The molecule has 2 aliphatic heterocycles. The molecule has 1 aromatic carbocycles. The molecule has 3 nitrogen and oxygen atoms in total. The van der Waals surface area contributed by atoms with E-state index in [-0.39, 0.29) is 0 Å². The Hall–Kier alpha value is -1.13. The quantitative estimate of drug-likeness (QED) is 0.826. The molecule has 124 valence electrons. The van der Waals surface area contributed by atoms with E-state index in [4.69, 9.17) is 12.2 Å². The molecule has 1 aromatic rings. The molecule has 2 saturated heterocycles. The summed E-state index contributed by atoms with van der Waals surface area (Å²) in [6, 6.07) is 9.49. The van der Waals surface area contributed by atoms with Gasteiger partial charge in [0.05, 0.1) is 0 Å². The Morgan fingerprint density at radius 3 is 2.35 bits per heavy atom. The summed E-state index contributed by atoms with van der Waals surface area (Å²) in [7, 11) is 0. The number of thiocarbonyl (C=S) groups is 1. The van der Waals surface area contributed by atoms with Gasteiger partial charge in [-0.05, 0) is 81.8 Å². The monoisotopic (exact) mass is 329 g/mol. The highest BCUT2D eigenvalue weighted by molar-refractivity contribution is 7.80. The molecule has 3 fully saturated rings. The summed E-state index contributed by atoms with van der Waals surface area (Å²) in [5, 5.41) is 7.77. The van der Waals surface area contributed by atoms with E-state index in [1.54, 1.807) is 0 Å². The lowest BCUT2D eigenvalue weighted by Crippen LogP contribution is -2.51. The number of nitrogens with zero attached hydrogens (tertiary/aromatic N) is 1. The minimum atomic E-state index is 0.535. The summed E-state index contributed by atoms with van der Waals surface area (Å²) < 4.78 is 0. The van der Waals surface area contributed by atoms with E-state index in [1.807, 2.05) is 0 Å². The van der Waals surface area contributed by atoms with Crippen LogP contribution in [0.25, 0.3) is 0 Å². The van der Waals surface area contributed by atoms with Gasteiger partial charge in [-0.1, -0.05) is 12.1 Å².